The van der Waals surface area contributed by atoms with Crippen molar-refractivity contribution in [2.45, 2.75) is 65.6 Å². The molecule has 0 saturated carbocycles. The van der Waals surface area contributed by atoms with Crippen molar-refractivity contribution in [1.29, 1.82) is 0 Å². The van der Waals surface area contributed by atoms with Gasteiger partial charge in [0.15, 0.2) is 0 Å². The van der Waals surface area contributed by atoms with Crippen molar-refractivity contribution >= 4 is 5.91 Å². The summed E-state index contributed by atoms with van der Waals surface area (Å²) >= 11 is 0. The highest BCUT2D eigenvalue weighted by Crippen LogP contribution is 2.26. The first kappa shape index (κ1) is 16.4. The zero-order valence-corrected chi connectivity index (χ0v) is 13.2. The average molecular weight is 270 g/mol. The Morgan fingerprint density at radius 3 is 2.58 bits per heavy atom. The predicted molar refractivity (Wildman–Crippen MR) is 77.9 cm³/mol. The minimum Gasteiger partial charge on any atom is -0.385 e. The summed E-state index contributed by atoms with van der Waals surface area (Å²) in [6.07, 6.45) is 4.12. The maximum absolute atomic E-state index is 12.4. The monoisotopic (exact) mass is 270 g/mol. The molecule has 19 heavy (non-hydrogen) atoms. The molecule has 1 N–H and O–H groups in total. The lowest BCUT2D eigenvalue weighted by atomic mass is 9.88. The van der Waals surface area contributed by atoms with Gasteiger partial charge in [-0.3, -0.25) is 10.1 Å². The number of rotatable bonds is 8. The van der Waals surface area contributed by atoms with Crippen molar-refractivity contribution < 1.29 is 9.53 Å². The molecule has 1 saturated heterocycles. The van der Waals surface area contributed by atoms with Crippen molar-refractivity contribution in [3.05, 3.63) is 0 Å². The van der Waals surface area contributed by atoms with Crippen LogP contribution in [0.25, 0.3) is 0 Å². The van der Waals surface area contributed by atoms with Crippen LogP contribution in [0.1, 0.15) is 53.4 Å². The zero-order valence-electron chi connectivity index (χ0n) is 13.2. The molecule has 112 valence electrons. The molecule has 1 rings (SSSR count). The molecule has 0 aromatic carbocycles. The Hall–Kier alpha value is -0.610. The SMILES string of the molecule is CCCC1NC(CC)N(CC(C)(C)CCOC)C1=O. The number of carbonyl (C=O) groups is 1. The quantitative estimate of drug-likeness (QED) is 0.736. The van der Waals surface area contributed by atoms with E-state index in [0.29, 0.717) is 0 Å². The van der Waals surface area contributed by atoms with Gasteiger partial charge >= 0.3 is 0 Å². The molecule has 1 fully saturated rings. The molecule has 1 heterocycles. The van der Waals surface area contributed by atoms with Gasteiger partial charge in [-0.1, -0.05) is 34.1 Å². The molecule has 0 bridgehead atoms. The fourth-order valence-electron chi connectivity index (χ4n) is 2.69. The van der Waals surface area contributed by atoms with Crippen LogP contribution in [-0.4, -0.2) is 43.3 Å². The van der Waals surface area contributed by atoms with Gasteiger partial charge in [0, 0.05) is 20.3 Å². The fraction of sp³-hybridized carbons (Fsp3) is 0.933. The zero-order chi connectivity index (χ0) is 14.5. The number of amides is 1. The van der Waals surface area contributed by atoms with Crippen molar-refractivity contribution in [1.82, 2.24) is 10.2 Å². The van der Waals surface area contributed by atoms with Crippen LogP contribution in [0.3, 0.4) is 0 Å². The number of nitrogens with zero attached hydrogens (tertiary/aromatic N) is 1. The van der Waals surface area contributed by atoms with Crippen LogP contribution in [0, 0.1) is 5.41 Å². The van der Waals surface area contributed by atoms with E-state index < -0.39 is 0 Å². The van der Waals surface area contributed by atoms with Gasteiger partial charge in [0.1, 0.15) is 0 Å². The second-order valence-corrected chi connectivity index (χ2v) is 6.31. The van der Waals surface area contributed by atoms with Gasteiger partial charge in [-0.15, -0.1) is 0 Å². The smallest absolute Gasteiger partial charge is 0.241 e. The number of hydrogen-bond acceptors (Lipinski definition) is 3. The first-order valence-corrected chi connectivity index (χ1v) is 7.50. The van der Waals surface area contributed by atoms with E-state index >= 15 is 0 Å². The normalized spacial score (nSPS) is 24.3. The Balaban J connectivity index is 2.66. The average Bonchev–Trinajstić information content (AvgIpc) is 2.65. The van der Waals surface area contributed by atoms with Crippen molar-refractivity contribution in [2.75, 3.05) is 20.3 Å². The lowest BCUT2D eigenvalue weighted by Crippen LogP contribution is -2.43. The van der Waals surface area contributed by atoms with Crippen molar-refractivity contribution in [2.24, 2.45) is 5.41 Å². The lowest BCUT2D eigenvalue weighted by Gasteiger charge is -2.33. The second-order valence-electron chi connectivity index (χ2n) is 6.31. The maximum atomic E-state index is 12.4. The summed E-state index contributed by atoms with van der Waals surface area (Å²) in [6, 6.07) is 0.0215. The van der Waals surface area contributed by atoms with Gasteiger partial charge in [-0.2, -0.15) is 0 Å². The Kier molecular flexibility index (Phi) is 6.27. The Labute approximate surface area is 117 Å². The summed E-state index contributed by atoms with van der Waals surface area (Å²) in [5, 5.41) is 3.47. The molecule has 4 heteroatoms. The Morgan fingerprint density at radius 2 is 2.05 bits per heavy atom. The molecule has 0 spiro atoms. The van der Waals surface area contributed by atoms with Gasteiger partial charge in [0.25, 0.3) is 0 Å². The summed E-state index contributed by atoms with van der Waals surface area (Å²) < 4.78 is 5.16. The molecule has 0 aromatic rings. The van der Waals surface area contributed by atoms with E-state index in [1.807, 2.05) is 4.90 Å². The molecular weight excluding hydrogens is 240 g/mol. The van der Waals surface area contributed by atoms with Crippen molar-refractivity contribution in [3.8, 4) is 0 Å². The molecule has 4 nitrogen and oxygen atoms in total. The summed E-state index contributed by atoms with van der Waals surface area (Å²) in [5.41, 5.74) is 0.0991. The third-order valence-corrected chi connectivity index (χ3v) is 3.90. The molecule has 0 radical (unpaired) electrons. The summed E-state index contributed by atoms with van der Waals surface area (Å²) in [5.74, 6) is 0.277. The highest BCUT2D eigenvalue weighted by atomic mass is 16.5. The second kappa shape index (κ2) is 7.25. The van der Waals surface area contributed by atoms with Crippen LogP contribution in [0.2, 0.25) is 0 Å². The molecule has 2 unspecified atom stereocenters. The lowest BCUT2D eigenvalue weighted by molar-refractivity contribution is -0.131. The third-order valence-electron chi connectivity index (χ3n) is 3.90. The van der Waals surface area contributed by atoms with Crippen LogP contribution in [0.15, 0.2) is 0 Å². The molecule has 1 aliphatic rings. The molecular formula is C15H30N2O2. The Morgan fingerprint density at radius 1 is 1.37 bits per heavy atom. The van der Waals surface area contributed by atoms with Crippen LogP contribution in [0.5, 0.6) is 0 Å². The van der Waals surface area contributed by atoms with E-state index in [2.05, 4.69) is 33.0 Å². The molecule has 1 amide bonds. The fourth-order valence-corrected chi connectivity index (χ4v) is 2.69. The number of methoxy groups -OCH3 is 1. The van der Waals surface area contributed by atoms with Gasteiger partial charge in [0.05, 0.1) is 12.2 Å². The first-order chi connectivity index (χ1) is 8.95. The van der Waals surface area contributed by atoms with Gasteiger partial charge in [0.2, 0.25) is 5.91 Å². The van der Waals surface area contributed by atoms with E-state index in [0.717, 1.165) is 38.8 Å². The minimum absolute atomic E-state index is 0.0215. The van der Waals surface area contributed by atoms with Crippen LogP contribution in [-0.2, 0) is 9.53 Å². The van der Waals surface area contributed by atoms with Crippen LogP contribution >= 0.6 is 0 Å². The largest absolute Gasteiger partial charge is 0.385 e. The molecule has 0 aromatic heterocycles. The molecule has 2 atom stereocenters. The minimum atomic E-state index is 0.0215. The summed E-state index contributed by atoms with van der Waals surface area (Å²) in [7, 11) is 1.73. The molecule has 1 aliphatic heterocycles. The standard InChI is InChI=1S/C15H30N2O2/c1-6-8-12-14(18)17(13(7-2)16-12)11-15(3,4)9-10-19-5/h12-13,16H,6-11H2,1-5H3. The highest BCUT2D eigenvalue weighted by Gasteiger charge is 2.39. The van der Waals surface area contributed by atoms with Crippen LogP contribution < -0.4 is 5.32 Å². The maximum Gasteiger partial charge on any atom is 0.241 e. The van der Waals surface area contributed by atoms with E-state index in [1.165, 1.54) is 0 Å². The third kappa shape index (κ3) is 4.46. The van der Waals surface area contributed by atoms with Gasteiger partial charge in [-0.05, 0) is 24.7 Å². The van der Waals surface area contributed by atoms with E-state index in [-0.39, 0.29) is 23.5 Å². The van der Waals surface area contributed by atoms with E-state index in [9.17, 15) is 4.79 Å². The predicted octanol–water partition coefficient (Wildman–Crippen LogP) is 2.39. The summed E-state index contributed by atoms with van der Waals surface area (Å²) in [6.45, 7) is 10.2. The number of ether oxygens (including phenoxy) is 1. The topological polar surface area (TPSA) is 41.6 Å². The summed E-state index contributed by atoms with van der Waals surface area (Å²) in [4.78, 5) is 14.5. The van der Waals surface area contributed by atoms with E-state index in [4.69, 9.17) is 4.74 Å². The molecule has 0 aliphatic carbocycles. The first-order valence-electron chi connectivity index (χ1n) is 7.50. The number of nitrogens with one attached hydrogen (secondary N) is 1. The highest BCUT2D eigenvalue weighted by molar-refractivity contribution is 5.84. The number of hydrogen-bond donors (Lipinski definition) is 1. The Bertz CT molecular complexity index is 292. The van der Waals surface area contributed by atoms with Gasteiger partial charge < -0.3 is 9.64 Å². The van der Waals surface area contributed by atoms with Gasteiger partial charge in [-0.25, -0.2) is 0 Å². The number of carbonyl (C=O) groups excluding carboxylic acids is 1. The van der Waals surface area contributed by atoms with E-state index in [1.54, 1.807) is 7.11 Å². The van der Waals surface area contributed by atoms with Crippen molar-refractivity contribution in [3.63, 3.8) is 0 Å². The van der Waals surface area contributed by atoms with Crippen LogP contribution in [0.4, 0.5) is 0 Å².